The molecule has 0 bridgehead atoms. The van der Waals surface area contributed by atoms with Crippen molar-refractivity contribution in [2.24, 2.45) is 0 Å². The summed E-state index contributed by atoms with van der Waals surface area (Å²) >= 11 is 0. The average molecular weight is 322 g/mol. The molecule has 23 heavy (non-hydrogen) atoms. The zero-order valence-corrected chi connectivity index (χ0v) is 14.3. The second-order valence-electron chi connectivity index (χ2n) is 5.55. The van der Waals surface area contributed by atoms with Crippen LogP contribution in [0.5, 0.6) is 11.5 Å². The first kappa shape index (κ1) is 17.6. The van der Waals surface area contributed by atoms with Gasteiger partial charge in [-0.15, -0.1) is 0 Å². The molecule has 2 rings (SSSR count). The van der Waals surface area contributed by atoms with Gasteiger partial charge in [-0.05, 0) is 31.5 Å². The van der Waals surface area contributed by atoms with E-state index in [-0.39, 0.29) is 18.1 Å². The summed E-state index contributed by atoms with van der Waals surface area (Å²) in [5.74, 6) is 1.41. The van der Waals surface area contributed by atoms with Crippen LogP contribution in [-0.4, -0.2) is 56.9 Å². The maximum atomic E-state index is 12.7. The number of hydrogen-bond acceptors (Lipinski definition) is 5. The molecule has 1 aliphatic heterocycles. The topological polar surface area (TPSA) is 60.0 Å². The maximum absolute atomic E-state index is 12.7. The molecule has 6 heteroatoms. The second-order valence-corrected chi connectivity index (χ2v) is 5.55. The van der Waals surface area contributed by atoms with Gasteiger partial charge in [-0.2, -0.15) is 0 Å². The third kappa shape index (κ3) is 4.14. The van der Waals surface area contributed by atoms with Crippen molar-refractivity contribution in [1.82, 2.24) is 10.2 Å². The minimum Gasteiger partial charge on any atom is -0.493 e. The zero-order valence-electron chi connectivity index (χ0n) is 14.3. The predicted octanol–water partition coefficient (Wildman–Crippen LogP) is 1.43. The van der Waals surface area contributed by atoms with Crippen molar-refractivity contribution in [3.63, 3.8) is 0 Å². The fourth-order valence-corrected chi connectivity index (χ4v) is 2.75. The van der Waals surface area contributed by atoms with Crippen LogP contribution in [-0.2, 0) is 16.1 Å². The van der Waals surface area contributed by atoms with Crippen LogP contribution in [0.1, 0.15) is 19.4 Å². The molecule has 1 aromatic rings. The largest absolute Gasteiger partial charge is 0.493 e. The third-order valence-electron chi connectivity index (χ3n) is 4.10. The summed E-state index contributed by atoms with van der Waals surface area (Å²) in [6.45, 7) is 6.42. The SMILES string of the molecule is CCN(Cc1ccc(OC)c(OC)c1)C(=O)[C@H]1NCCO[C@@H]1C. The molecule has 0 saturated carbocycles. The van der Waals surface area contributed by atoms with Gasteiger partial charge in [0.05, 0.1) is 26.9 Å². The Morgan fingerprint density at radius 2 is 2.09 bits per heavy atom. The molecule has 2 atom stereocenters. The van der Waals surface area contributed by atoms with E-state index in [0.29, 0.717) is 37.7 Å². The van der Waals surface area contributed by atoms with Gasteiger partial charge in [-0.25, -0.2) is 0 Å². The molecule has 0 unspecified atom stereocenters. The third-order valence-corrected chi connectivity index (χ3v) is 4.10. The highest BCUT2D eigenvalue weighted by atomic mass is 16.5. The Morgan fingerprint density at radius 3 is 2.70 bits per heavy atom. The van der Waals surface area contributed by atoms with Crippen LogP contribution >= 0.6 is 0 Å². The van der Waals surface area contributed by atoms with Crippen LogP contribution in [0.3, 0.4) is 0 Å². The number of carbonyl (C=O) groups is 1. The van der Waals surface area contributed by atoms with Gasteiger partial charge in [0.25, 0.3) is 0 Å². The molecule has 1 fully saturated rings. The number of likely N-dealkylation sites (N-methyl/N-ethyl adjacent to an activating group) is 1. The predicted molar refractivity (Wildman–Crippen MR) is 87.8 cm³/mol. The minimum absolute atomic E-state index is 0.0643. The number of nitrogens with zero attached hydrogens (tertiary/aromatic N) is 1. The molecule has 1 N–H and O–H groups in total. The van der Waals surface area contributed by atoms with Gasteiger partial charge in [0, 0.05) is 19.6 Å². The van der Waals surface area contributed by atoms with Crippen LogP contribution in [0, 0.1) is 0 Å². The molecule has 1 saturated heterocycles. The Labute approximate surface area is 137 Å². The molecular weight excluding hydrogens is 296 g/mol. The Kier molecular flexibility index (Phi) is 6.24. The summed E-state index contributed by atoms with van der Waals surface area (Å²) in [5.41, 5.74) is 1.00. The van der Waals surface area contributed by atoms with E-state index in [1.807, 2.05) is 36.9 Å². The molecule has 0 radical (unpaired) electrons. The van der Waals surface area contributed by atoms with Gasteiger partial charge in [0.2, 0.25) is 5.91 Å². The van der Waals surface area contributed by atoms with Crippen molar-refractivity contribution in [3.05, 3.63) is 23.8 Å². The maximum Gasteiger partial charge on any atom is 0.242 e. The molecule has 128 valence electrons. The molecule has 6 nitrogen and oxygen atoms in total. The lowest BCUT2D eigenvalue weighted by atomic mass is 10.1. The molecule has 0 spiro atoms. The van der Waals surface area contributed by atoms with Crippen LogP contribution < -0.4 is 14.8 Å². The van der Waals surface area contributed by atoms with Gasteiger partial charge in [-0.1, -0.05) is 6.07 Å². The van der Waals surface area contributed by atoms with Gasteiger partial charge >= 0.3 is 0 Å². The molecule has 1 heterocycles. The number of rotatable bonds is 6. The molecule has 0 aliphatic carbocycles. The Balaban J connectivity index is 2.11. The van der Waals surface area contributed by atoms with Crippen LogP contribution in [0.4, 0.5) is 0 Å². The molecular formula is C17H26N2O4. The quantitative estimate of drug-likeness (QED) is 0.858. The van der Waals surface area contributed by atoms with E-state index < -0.39 is 0 Å². The molecule has 1 amide bonds. The van der Waals surface area contributed by atoms with Crippen molar-refractivity contribution in [2.75, 3.05) is 33.9 Å². The number of benzene rings is 1. The highest BCUT2D eigenvalue weighted by Gasteiger charge is 2.31. The number of ether oxygens (including phenoxy) is 3. The van der Waals surface area contributed by atoms with E-state index >= 15 is 0 Å². The number of morpholine rings is 1. The first-order valence-corrected chi connectivity index (χ1v) is 7.95. The lowest BCUT2D eigenvalue weighted by molar-refractivity contribution is -0.139. The summed E-state index contributed by atoms with van der Waals surface area (Å²) in [5, 5.41) is 3.25. The van der Waals surface area contributed by atoms with Gasteiger partial charge in [0.1, 0.15) is 6.04 Å². The van der Waals surface area contributed by atoms with Crippen molar-refractivity contribution in [2.45, 2.75) is 32.5 Å². The zero-order chi connectivity index (χ0) is 16.8. The van der Waals surface area contributed by atoms with Crippen LogP contribution in [0.2, 0.25) is 0 Å². The first-order valence-electron chi connectivity index (χ1n) is 7.95. The number of hydrogen-bond donors (Lipinski definition) is 1. The van der Waals surface area contributed by atoms with Crippen molar-refractivity contribution in [3.8, 4) is 11.5 Å². The Bertz CT molecular complexity index is 535. The lowest BCUT2D eigenvalue weighted by Gasteiger charge is -2.33. The summed E-state index contributed by atoms with van der Waals surface area (Å²) in [6, 6.07) is 5.43. The molecule has 0 aromatic heterocycles. The second kappa shape index (κ2) is 8.17. The summed E-state index contributed by atoms with van der Waals surface area (Å²) in [4.78, 5) is 14.6. The minimum atomic E-state index is -0.288. The highest BCUT2D eigenvalue weighted by molar-refractivity contribution is 5.82. The average Bonchev–Trinajstić information content (AvgIpc) is 2.59. The van der Waals surface area contributed by atoms with Crippen molar-refractivity contribution < 1.29 is 19.0 Å². The Morgan fingerprint density at radius 1 is 1.35 bits per heavy atom. The van der Waals surface area contributed by atoms with Gasteiger partial charge in [0.15, 0.2) is 11.5 Å². The van der Waals surface area contributed by atoms with E-state index in [2.05, 4.69) is 5.32 Å². The normalized spacial score (nSPS) is 20.9. The van der Waals surface area contributed by atoms with Crippen LogP contribution in [0.15, 0.2) is 18.2 Å². The fourth-order valence-electron chi connectivity index (χ4n) is 2.75. The van der Waals surface area contributed by atoms with Gasteiger partial charge < -0.3 is 24.4 Å². The van der Waals surface area contributed by atoms with E-state index in [4.69, 9.17) is 14.2 Å². The van der Waals surface area contributed by atoms with Crippen molar-refractivity contribution >= 4 is 5.91 Å². The molecule has 1 aromatic carbocycles. The van der Waals surface area contributed by atoms with E-state index in [9.17, 15) is 4.79 Å². The number of amides is 1. The number of carbonyl (C=O) groups excluding carboxylic acids is 1. The molecule has 1 aliphatic rings. The van der Waals surface area contributed by atoms with E-state index in [1.54, 1.807) is 14.2 Å². The lowest BCUT2D eigenvalue weighted by Crippen LogP contribution is -2.56. The highest BCUT2D eigenvalue weighted by Crippen LogP contribution is 2.28. The monoisotopic (exact) mass is 322 g/mol. The Hall–Kier alpha value is -1.79. The summed E-state index contributed by atoms with van der Waals surface area (Å²) < 4.78 is 16.1. The number of nitrogens with one attached hydrogen (secondary N) is 1. The van der Waals surface area contributed by atoms with Gasteiger partial charge in [-0.3, -0.25) is 4.79 Å². The smallest absolute Gasteiger partial charge is 0.242 e. The fraction of sp³-hybridized carbons (Fsp3) is 0.588. The number of methoxy groups -OCH3 is 2. The van der Waals surface area contributed by atoms with Crippen molar-refractivity contribution in [1.29, 1.82) is 0 Å². The summed E-state index contributed by atoms with van der Waals surface area (Å²) in [6.07, 6.45) is -0.115. The summed E-state index contributed by atoms with van der Waals surface area (Å²) in [7, 11) is 3.21. The van der Waals surface area contributed by atoms with E-state index in [0.717, 1.165) is 5.56 Å². The standard InChI is InChI=1S/C17H26N2O4/c1-5-19(17(20)16-12(2)23-9-8-18-16)11-13-6-7-14(21-3)15(10-13)22-4/h6-7,10,12,16,18H,5,8-9,11H2,1-4H3/t12-,16+/m1/s1. The van der Waals surface area contributed by atoms with E-state index in [1.165, 1.54) is 0 Å². The first-order chi connectivity index (χ1) is 11.1. The van der Waals surface area contributed by atoms with Crippen LogP contribution in [0.25, 0.3) is 0 Å².